The fraction of sp³-hybridized carbons (Fsp3) is 0.250. The third-order valence-electron chi connectivity index (χ3n) is 6.98. The van der Waals surface area contributed by atoms with Gasteiger partial charge in [0.2, 0.25) is 0 Å². The Labute approximate surface area is 256 Å². The summed E-state index contributed by atoms with van der Waals surface area (Å²) in [6.07, 6.45) is -2.62. The topological polar surface area (TPSA) is 86.3 Å². The van der Waals surface area contributed by atoms with Gasteiger partial charge < -0.3 is 10.1 Å². The zero-order chi connectivity index (χ0) is 31.4. The van der Waals surface area contributed by atoms with E-state index in [-0.39, 0.29) is 11.8 Å². The molecule has 2 heterocycles. The van der Waals surface area contributed by atoms with Crippen LogP contribution in [0.15, 0.2) is 89.5 Å². The molecular weight excluding hydrogens is 589 g/mol. The van der Waals surface area contributed by atoms with Crippen molar-refractivity contribution < 1.29 is 22.7 Å². The van der Waals surface area contributed by atoms with Gasteiger partial charge in [0, 0.05) is 16.6 Å². The molecule has 0 fully saturated rings. The van der Waals surface area contributed by atoms with Gasteiger partial charge in [-0.2, -0.15) is 4.99 Å². The lowest BCUT2D eigenvalue weighted by molar-refractivity contribution is -0.274. The number of carbonyl (C=O) groups excluding carboxylic acids is 1. The number of benzene rings is 3. The lowest BCUT2D eigenvalue weighted by Gasteiger charge is -2.17. The van der Waals surface area contributed by atoms with Crippen molar-refractivity contribution in [3.63, 3.8) is 0 Å². The number of amides is 2. The van der Waals surface area contributed by atoms with Crippen molar-refractivity contribution in [2.75, 3.05) is 0 Å². The van der Waals surface area contributed by atoms with Gasteiger partial charge in [-0.05, 0) is 60.7 Å². The van der Waals surface area contributed by atoms with Crippen LogP contribution < -0.4 is 14.9 Å². The molecule has 1 unspecified atom stereocenters. The van der Waals surface area contributed by atoms with Gasteiger partial charge in [-0.15, -0.1) is 29.6 Å². The van der Waals surface area contributed by atoms with Gasteiger partial charge in [0.1, 0.15) is 12.1 Å². The third-order valence-corrected chi connectivity index (χ3v) is 7.92. The van der Waals surface area contributed by atoms with Crippen LogP contribution in [0.2, 0.25) is 0 Å². The molecule has 12 heteroatoms. The molecule has 1 N–H and O–H groups in total. The van der Waals surface area contributed by atoms with E-state index in [0.29, 0.717) is 28.7 Å². The fourth-order valence-corrected chi connectivity index (χ4v) is 5.68. The number of para-hydroxylation sites is 1. The number of ether oxygens (including phenoxy) is 1. The minimum atomic E-state index is -4.76. The first-order valence-electron chi connectivity index (χ1n) is 14.0. The average Bonchev–Trinajstić information content (AvgIpc) is 3.62. The first-order chi connectivity index (χ1) is 21.0. The van der Waals surface area contributed by atoms with Crippen LogP contribution in [0.4, 0.5) is 18.0 Å². The average molecular weight is 621 g/mol. The number of thiazole rings is 1. The van der Waals surface area contributed by atoms with Crippen LogP contribution in [0.3, 0.4) is 0 Å². The van der Waals surface area contributed by atoms with Crippen LogP contribution in [-0.2, 0) is 0 Å². The van der Waals surface area contributed by atoms with Crippen molar-refractivity contribution in [3.8, 4) is 28.5 Å². The van der Waals surface area contributed by atoms with E-state index >= 15 is 0 Å². The number of alkyl halides is 3. The van der Waals surface area contributed by atoms with E-state index in [9.17, 15) is 18.0 Å². The minimum Gasteiger partial charge on any atom is -0.406 e. The van der Waals surface area contributed by atoms with E-state index in [0.717, 1.165) is 22.5 Å². The number of rotatable bonds is 8. The SMILES string of the molecule is CCC(NC(=O)N=c1scc(C)n1-c1ccccc1C(C)C)c1ccc(-c2ncn(-c3ccc(OC(F)(F)F)cc3)n2)cc1. The molecule has 8 nitrogen and oxygen atoms in total. The summed E-state index contributed by atoms with van der Waals surface area (Å²) < 4.78 is 44.7. The van der Waals surface area contributed by atoms with Crippen molar-refractivity contribution in [2.45, 2.75) is 52.4 Å². The van der Waals surface area contributed by atoms with Crippen LogP contribution in [-0.4, -0.2) is 31.7 Å². The van der Waals surface area contributed by atoms with Crippen molar-refractivity contribution in [1.82, 2.24) is 24.6 Å². The van der Waals surface area contributed by atoms with Crippen molar-refractivity contribution in [3.05, 3.63) is 106 Å². The second-order valence-electron chi connectivity index (χ2n) is 10.4. The number of carbonyl (C=O) groups is 1. The number of hydrogen-bond donors (Lipinski definition) is 1. The second kappa shape index (κ2) is 12.9. The lowest BCUT2D eigenvalue weighted by atomic mass is 10.0. The van der Waals surface area contributed by atoms with Crippen molar-refractivity contribution in [2.24, 2.45) is 4.99 Å². The molecule has 0 spiro atoms. The Kier molecular flexibility index (Phi) is 9.00. The van der Waals surface area contributed by atoms with Crippen LogP contribution in [0.1, 0.15) is 56.0 Å². The predicted molar refractivity (Wildman–Crippen MR) is 163 cm³/mol. The Balaban J connectivity index is 1.30. The van der Waals surface area contributed by atoms with E-state index in [1.807, 2.05) is 66.3 Å². The first-order valence-corrected chi connectivity index (χ1v) is 14.9. The number of halogens is 3. The van der Waals surface area contributed by atoms with Crippen molar-refractivity contribution in [1.29, 1.82) is 0 Å². The van der Waals surface area contributed by atoms with Gasteiger partial charge in [-0.3, -0.25) is 4.57 Å². The Morgan fingerprint density at radius 1 is 1.05 bits per heavy atom. The summed E-state index contributed by atoms with van der Waals surface area (Å²) in [4.78, 5) is 22.5. The molecule has 0 aliphatic heterocycles. The Morgan fingerprint density at radius 3 is 2.41 bits per heavy atom. The largest absolute Gasteiger partial charge is 0.573 e. The molecular formula is C32H31F3N6O2S. The molecule has 0 aliphatic carbocycles. The van der Waals surface area contributed by atoms with E-state index in [2.05, 4.69) is 45.0 Å². The molecule has 5 aromatic rings. The van der Waals surface area contributed by atoms with E-state index in [1.165, 1.54) is 52.2 Å². The van der Waals surface area contributed by atoms with Gasteiger partial charge in [-0.1, -0.05) is 63.2 Å². The molecule has 228 valence electrons. The van der Waals surface area contributed by atoms with Crippen LogP contribution >= 0.6 is 11.3 Å². The molecule has 0 bridgehead atoms. The molecule has 0 saturated heterocycles. The number of aryl methyl sites for hydroxylation is 1. The zero-order valence-electron chi connectivity index (χ0n) is 24.5. The Morgan fingerprint density at radius 2 is 1.75 bits per heavy atom. The standard InChI is InChI=1S/C32H31F3N6O2S/c1-5-27(37-30(42)38-31-41(21(4)18-44-31)28-9-7-6-8-26(28)20(2)3)22-10-12-23(13-11-22)29-36-19-40(39-29)24-14-16-25(17-15-24)43-32(33,34)35/h6-20,27H,5H2,1-4H3,(H,37,42). The smallest absolute Gasteiger partial charge is 0.406 e. The normalized spacial score (nSPS) is 12.9. The van der Waals surface area contributed by atoms with Gasteiger partial charge >= 0.3 is 12.4 Å². The molecule has 3 aromatic carbocycles. The summed E-state index contributed by atoms with van der Waals surface area (Å²) in [5.41, 5.74) is 5.37. The molecule has 2 aromatic heterocycles. The molecule has 5 rings (SSSR count). The van der Waals surface area contributed by atoms with Gasteiger partial charge in [0.15, 0.2) is 10.6 Å². The highest BCUT2D eigenvalue weighted by molar-refractivity contribution is 7.07. The lowest BCUT2D eigenvalue weighted by Crippen LogP contribution is -2.28. The molecule has 0 radical (unpaired) electrons. The molecule has 1 atom stereocenters. The third kappa shape index (κ3) is 7.08. The molecule has 2 amide bonds. The van der Waals surface area contributed by atoms with Crippen LogP contribution in [0.25, 0.3) is 22.8 Å². The number of aromatic nitrogens is 4. The van der Waals surface area contributed by atoms with Crippen LogP contribution in [0, 0.1) is 6.92 Å². The highest BCUT2D eigenvalue weighted by Gasteiger charge is 2.31. The fourth-order valence-electron chi connectivity index (χ4n) is 4.82. The first kappa shape index (κ1) is 30.7. The van der Waals surface area contributed by atoms with Gasteiger partial charge in [0.25, 0.3) is 0 Å². The summed E-state index contributed by atoms with van der Waals surface area (Å²) in [7, 11) is 0. The quantitative estimate of drug-likeness (QED) is 0.191. The maximum Gasteiger partial charge on any atom is 0.573 e. The number of urea groups is 1. The monoisotopic (exact) mass is 620 g/mol. The minimum absolute atomic E-state index is 0.263. The molecule has 44 heavy (non-hydrogen) atoms. The highest BCUT2D eigenvalue weighted by atomic mass is 32.1. The molecule has 0 aliphatic rings. The summed E-state index contributed by atoms with van der Waals surface area (Å²) in [6, 6.07) is 20.3. The summed E-state index contributed by atoms with van der Waals surface area (Å²) in [5, 5.41) is 9.48. The van der Waals surface area contributed by atoms with Crippen molar-refractivity contribution >= 4 is 17.4 Å². The van der Waals surface area contributed by atoms with Gasteiger partial charge in [0.05, 0.1) is 17.4 Å². The Bertz CT molecular complexity index is 1810. The number of hydrogen-bond acceptors (Lipinski definition) is 5. The second-order valence-corrected chi connectivity index (χ2v) is 11.2. The maximum absolute atomic E-state index is 13.1. The molecule has 0 saturated carbocycles. The summed E-state index contributed by atoms with van der Waals surface area (Å²) in [5.74, 6) is 0.437. The summed E-state index contributed by atoms with van der Waals surface area (Å²) in [6.45, 7) is 8.27. The van der Waals surface area contributed by atoms with Crippen LogP contribution in [0.5, 0.6) is 5.75 Å². The zero-order valence-corrected chi connectivity index (χ0v) is 25.4. The number of nitrogens with one attached hydrogen (secondary N) is 1. The van der Waals surface area contributed by atoms with E-state index in [1.54, 1.807) is 0 Å². The summed E-state index contributed by atoms with van der Waals surface area (Å²) >= 11 is 1.42. The van der Waals surface area contributed by atoms with E-state index in [4.69, 9.17) is 0 Å². The van der Waals surface area contributed by atoms with Gasteiger partial charge in [-0.25, -0.2) is 14.5 Å². The van der Waals surface area contributed by atoms with E-state index < -0.39 is 12.4 Å². The maximum atomic E-state index is 13.1. The Hall–Kier alpha value is -4.71. The predicted octanol–water partition coefficient (Wildman–Crippen LogP) is 7.88. The highest BCUT2D eigenvalue weighted by Crippen LogP contribution is 2.26. The number of nitrogens with zero attached hydrogens (tertiary/aromatic N) is 5.